The van der Waals surface area contributed by atoms with Crippen LogP contribution >= 0.6 is 0 Å². The van der Waals surface area contributed by atoms with E-state index in [4.69, 9.17) is 14.2 Å². The van der Waals surface area contributed by atoms with Crippen LogP contribution in [0.15, 0.2) is 24.3 Å². The monoisotopic (exact) mass is 1040 g/mol. The molecule has 0 aromatic rings. The summed E-state index contributed by atoms with van der Waals surface area (Å²) < 4.78 is 16.8. The minimum absolute atomic E-state index is 0.0656. The Morgan fingerprint density at radius 3 is 0.743 bits per heavy atom. The van der Waals surface area contributed by atoms with Crippen LogP contribution in [0.4, 0.5) is 0 Å². The quantitative estimate of drug-likeness (QED) is 0.0261. The van der Waals surface area contributed by atoms with Crippen molar-refractivity contribution < 1.29 is 28.6 Å². The molecule has 0 aliphatic heterocycles. The van der Waals surface area contributed by atoms with Crippen molar-refractivity contribution in [1.29, 1.82) is 0 Å². The van der Waals surface area contributed by atoms with Gasteiger partial charge in [-0.3, -0.25) is 14.4 Å². The Bertz CT molecular complexity index is 1190. The number of rotatable bonds is 62. The van der Waals surface area contributed by atoms with Gasteiger partial charge in [0, 0.05) is 19.3 Å². The second kappa shape index (κ2) is 63.4. The molecule has 0 saturated heterocycles. The van der Waals surface area contributed by atoms with Crippen LogP contribution in [-0.2, 0) is 28.6 Å². The zero-order valence-electron chi connectivity index (χ0n) is 50.1. The molecule has 0 aromatic carbocycles. The second-order valence-electron chi connectivity index (χ2n) is 22.7. The maximum Gasteiger partial charge on any atom is 0.306 e. The molecule has 1 atom stereocenters. The Labute approximate surface area is 462 Å². The summed E-state index contributed by atoms with van der Waals surface area (Å²) in [4.78, 5) is 38.0. The standard InChI is InChI=1S/C68H128O6/c1-4-7-10-13-16-18-20-22-24-26-28-30-32-33-34-35-37-38-40-42-44-46-48-50-52-55-58-61-67(70)73-64-65(63-72-66(69)60-57-54-15-12-9-6-3)74-68(71)62-59-56-53-51-49-47-45-43-41-39-36-31-29-27-25-23-21-19-17-14-11-8-5-2/h20,22,26,28,65H,4-19,21,23-25,27,29-64H2,1-3H3/b22-20-,28-26-. The van der Waals surface area contributed by atoms with Crippen LogP contribution in [0, 0.1) is 0 Å². The maximum atomic E-state index is 12.9. The molecule has 74 heavy (non-hydrogen) atoms. The van der Waals surface area contributed by atoms with E-state index >= 15 is 0 Å². The molecule has 0 heterocycles. The molecule has 0 spiro atoms. The van der Waals surface area contributed by atoms with Crippen molar-refractivity contribution in [3.8, 4) is 0 Å². The van der Waals surface area contributed by atoms with E-state index in [2.05, 4.69) is 45.1 Å². The summed E-state index contributed by atoms with van der Waals surface area (Å²) in [6.45, 7) is 6.64. The number of unbranched alkanes of at least 4 members (excludes halogenated alkanes) is 47. The Morgan fingerprint density at radius 2 is 0.486 bits per heavy atom. The number of hydrogen-bond acceptors (Lipinski definition) is 6. The van der Waals surface area contributed by atoms with E-state index in [9.17, 15) is 14.4 Å². The minimum atomic E-state index is -0.764. The summed E-state index contributed by atoms with van der Waals surface area (Å²) in [7, 11) is 0. The maximum absolute atomic E-state index is 12.9. The molecule has 1 unspecified atom stereocenters. The summed E-state index contributed by atoms with van der Waals surface area (Å²) in [5.74, 6) is -0.849. The first kappa shape index (κ1) is 71.9. The van der Waals surface area contributed by atoms with Gasteiger partial charge in [0.05, 0.1) is 0 Å². The van der Waals surface area contributed by atoms with Crippen molar-refractivity contribution in [3.63, 3.8) is 0 Å². The molecule has 0 N–H and O–H groups in total. The summed E-state index contributed by atoms with van der Waals surface area (Å²) in [6.07, 6.45) is 76.7. The molecule has 6 nitrogen and oxygen atoms in total. The van der Waals surface area contributed by atoms with Crippen molar-refractivity contribution in [3.05, 3.63) is 24.3 Å². The summed E-state index contributed by atoms with van der Waals surface area (Å²) in [5, 5.41) is 0. The van der Waals surface area contributed by atoms with Gasteiger partial charge >= 0.3 is 17.9 Å². The molecule has 0 fully saturated rings. The summed E-state index contributed by atoms with van der Waals surface area (Å²) in [5.41, 5.74) is 0. The van der Waals surface area contributed by atoms with E-state index in [1.165, 1.54) is 270 Å². The first-order chi connectivity index (χ1) is 36.5. The Balaban J connectivity index is 4.00. The number of carbonyl (C=O) groups excluding carboxylic acids is 3. The van der Waals surface area contributed by atoms with Gasteiger partial charge in [0.1, 0.15) is 13.2 Å². The van der Waals surface area contributed by atoms with Gasteiger partial charge in [-0.25, -0.2) is 0 Å². The Kier molecular flexibility index (Phi) is 61.6. The lowest BCUT2D eigenvalue weighted by Crippen LogP contribution is -2.30. The van der Waals surface area contributed by atoms with Crippen molar-refractivity contribution in [1.82, 2.24) is 0 Å². The van der Waals surface area contributed by atoms with E-state index in [-0.39, 0.29) is 31.1 Å². The van der Waals surface area contributed by atoms with Crippen LogP contribution in [0.1, 0.15) is 374 Å². The molecule has 0 saturated carbocycles. The summed E-state index contributed by atoms with van der Waals surface area (Å²) in [6, 6.07) is 0. The van der Waals surface area contributed by atoms with Crippen molar-refractivity contribution >= 4 is 17.9 Å². The number of allylic oxidation sites excluding steroid dienone is 4. The molecule has 0 radical (unpaired) electrons. The Morgan fingerprint density at radius 1 is 0.270 bits per heavy atom. The van der Waals surface area contributed by atoms with Gasteiger partial charge in [0.2, 0.25) is 0 Å². The third-order valence-corrected chi connectivity index (χ3v) is 15.2. The van der Waals surface area contributed by atoms with Gasteiger partial charge in [-0.2, -0.15) is 0 Å². The highest BCUT2D eigenvalue weighted by Crippen LogP contribution is 2.18. The third kappa shape index (κ3) is 60.8. The van der Waals surface area contributed by atoms with E-state index in [0.717, 1.165) is 64.2 Å². The molecule has 0 aromatic heterocycles. The zero-order chi connectivity index (χ0) is 53.6. The van der Waals surface area contributed by atoms with Crippen LogP contribution in [0.2, 0.25) is 0 Å². The fourth-order valence-corrected chi connectivity index (χ4v) is 10.2. The molecule has 0 amide bonds. The predicted molar refractivity (Wildman–Crippen MR) is 321 cm³/mol. The molecule has 0 bridgehead atoms. The average Bonchev–Trinajstić information content (AvgIpc) is 3.40. The van der Waals surface area contributed by atoms with Crippen molar-refractivity contribution in [2.75, 3.05) is 13.2 Å². The number of hydrogen-bond donors (Lipinski definition) is 0. The highest BCUT2D eigenvalue weighted by molar-refractivity contribution is 5.71. The largest absolute Gasteiger partial charge is 0.462 e. The lowest BCUT2D eigenvalue weighted by molar-refractivity contribution is -0.167. The van der Waals surface area contributed by atoms with E-state index in [0.29, 0.717) is 19.3 Å². The molecule has 6 heteroatoms. The van der Waals surface area contributed by atoms with E-state index < -0.39 is 6.10 Å². The molecule has 0 aliphatic rings. The van der Waals surface area contributed by atoms with Gasteiger partial charge < -0.3 is 14.2 Å². The van der Waals surface area contributed by atoms with Gasteiger partial charge in [0.25, 0.3) is 0 Å². The van der Waals surface area contributed by atoms with Crippen LogP contribution < -0.4 is 0 Å². The highest BCUT2D eigenvalue weighted by Gasteiger charge is 2.19. The van der Waals surface area contributed by atoms with Crippen molar-refractivity contribution in [2.24, 2.45) is 0 Å². The SMILES string of the molecule is CCCCCCC/C=C\C/C=C\CCCCCCCCCCCCCCCCCC(=O)OCC(COC(=O)CCCCCCCC)OC(=O)CCCCCCCCCCCCCCCCCCCCCCCCC. The molecular weight excluding hydrogens is 913 g/mol. The van der Waals surface area contributed by atoms with E-state index in [1.54, 1.807) is 0 Å². The van der Waals surface area contributed by atoms with Crippen LogP contribution in [-0.4, -0.2) is 37.2 Å². The molecule has 0 rings (SSSR count). The number of ether oxygens (including phenoxy) is 3. The predicted octanol–water partition coefficient (Wildman–Crippen LogP) is 22.6. The first-order valence-corrected chi connectivity index (χ1v) is 33.3. The highest BCUT2D eigenvalue weighted by atomic mass is 16.6. The minimum Gasteiger partial charge on any atom is -0.462 e. The van der Waals surface area contributed by atoms with Crippen molar-refractivity contribution in [2.45, 2.75) is 380 Å². The van der Waals surface area contributed by atoms with E-state index in [1.807, 2.05) is 0 Å². The molecule has 0 aliphatic carbocycles. The normalized spacial score (nSPS) is 12.1. The number of carbonyl (C=O) groups is 3. The first-order valence-electron chi connectivity index (χ1n) is 33.3. The van der Waals surface area contributed by atoms with Crippen LogP contribution in [0.25, 0.3) is 0 Å². The van der Waals surface area contributed by atoms with Gasteiger partial charge in [-0.1, -0.05) is 328 Å². The fraction of sp³-hybridized carbons (Fsp3) is 0.897. The lowest BCUT2D eigenvalue weighted by Gasteiger charge is -2.18. The lowest BCUT2D eigenvalue weighted by atomic mass is 10.0. The summed E-state index contributed by atoms with van der Waals surface area (Å²) >= 11 is 0. The second-order valence-corrected chi connectivity index (χ2v) is 22.7. The zero-order valence-corrected chi connectivity index (χ0v) is 50.1. The van der Waals surface area contributed by atoms with Gasteiger partial charge in [-0.05, 0) is 51.4 Å². The topological polar surface area (TPSA) is 78.9 Å². The fourth-order valence-electron chi connectivity index (χ4n) is 10.2. The number of esters is 3. The molecular formula is C68H128O6. The van der Waals surface area contributed by atoms with Crippen LogP contribution in [0.5, 0.6) is 0 Å². The van der Waals surface area contributed by atoms with Gasteiger partial charge in [0.15, 0.2) is 6.10 Å². The Hall–Kier alpha value is -2.11. The smallest absolute Gasteiger partial charge is 0.306 e. The average molecular weight is 1040 g/mol. The van der Waals surface area contributed by atoms with Crippen LogP contribution in [0.3, 0.4) is 0 Å². The van der Waals surface area contributed by atoms with Gasteiger partial charge in [-0.15, -0.1) is 0 Å². The third-order valence-electron chi connectivity index (χ3n) is 15.2. The molecule has 436 valence electrons.